The lowest BCUT2D eigenvalue weighted by molar-refractivity contribution is -0.129. The number of methoxy groups -OCH3 is 1. The highest BCUT2D eigenvalue weighted by Gasteiger charge is 2.27. The number of nitrogens with two attached hydrogens (primary N) is 1. The van der Waals surface area contributed by atoms with Gasteiger partial charge in [0.25, 0.3) is 0 Å². The van der Waals surface area contributed by atoms with Crippen LogP contribution in [0.15, 0.2) is 24.3 Å². The molecule has 2 N–H and O–H groups in total. The highest BCUT2D eigenvalue weighted by atomic mass is 16.5. The minimum atomic E-state index is -0.399. The van der Waals surface area contributed by atoms with Crippen molar-refractivity contribution in [1.82, 2.24) is 4.90 Å². The summed E-state index contributed by atoms with van der Waals surface area (Å²) in [6.07, 6.45) is 0. The summed E-state index contributed by atoms with van der Waals surface area (Å²) in [5, 5.41) is 0. The van der Waals surface area contributed by atoms with Crippen molar-refractivity contribution in [3.63, 3.8) is 0 Å². The summed E-state index contributed by atoms with van der Waals surface area (Å²) in [6, 6.07) is 6.71. The highest BCUT2D eigenvalue weighted by molar-refractivity contribution is 5.89. The largest absolute Gasteiger partial charge is 0.465 e. The number of hydrogen-bond acceptors (Lipinski definition) is 5. The summed E-state index contributed by atoms with van der Waals surface area (Å²) in [6.45, 7) is 2.17. The maximum Gasteiger partial charge on any atom is 0.337 e. The summed E-state index contributed by atoms with van der Waals surface area (Å²) >= 11 is 0. The third-order valence-electron chi connectivity index (χ3n) is 3.33. The van der Waals surface area contributed by atoms with Crippen LogP contribution in [0, 0.1) is 0 Å². The first-order chi connectivity index (χ1) is 9.61. The molecule has 2 rings (SSSR count). The molecule has 0 aromatic heterocycles. The lowest BCUT2D eigenvalue weighted by atomic mass is 10.1. The van der Waals surface area contributed by atoms with E-state index in [4.69, 9.17) is 10.5 Å². The first-order valence-corrected chi connectivity index (χ1v) is 6.40. The number of benzene rings is 1. The van der Waals surface area contributed by atoms with Crippen LogP contribution in [0.3, 0.4) is 0 Å². The van der Waals surface area contributed by atoms with Crippen molar-refractivity contribution in [2.45, 2.75) is 12.6 Å². The predicted molar refractivity (Wildman–Crippen MR) is 72.0 cm³/mol. The van der Waals surface area contributed by atoms with Crippen LogP contribution in [0.1, 0.15) is 15.9 Å². The van der Waals surface area contributed by atoms with Crippen LogP contribution >= 0.6 is 0 Å². The maximum atomic E-state index is 11.4. The fourth-order valence-electron chi connectivity index (χ4n) is 2.19. The van der Waals surface area contributed by atoms with Gasteiger partial charge in [-0.15, -0.1) is 0 Å². The van der Waals surface area contributed by atoms with Gasteiger partial charge in [-0.05, 0) is 17.7 Å². The van der Waals surface area contributed by atoms with Crippen LogP contribution < -0.4 is 5.73 Å². The number of carbonyl (C=O) groups is 2. The summed E-state index contributed by atoms with van der Waals surface area (Å²) in [4.78, 5) is 24.7. The second-order valence-electron chi connectivity index (χ2n) is 4.65. The fourth-order valence-corrected chi connectivity index (χ4v) is 2.19. The molecule has 1 unspecified atom stereocenters. The molecular formula is C14H18N2O4. The molecule has 0 saturated carbocycles. The highest BCUT2D eigenvalue weighted by Crippen LogP contribution is 2.13. The lowest BCUT2D eigenvalue weighted by Gasteiger charge is -2.33. The third-order valence-corrected chi connectivity index (χ3v) is 3.33. The Kier molecular flexibility index (Phi) is 4.70. The molecule has 1 aliphatic heterocycles. The van der Waals surface area contributed by atoms with Crippen molar-refractivity contribution in [3.8, 4) is 0 Å². The molecule has 1 atom stereocenters. The number of ether oxygens (including phenoxy) is 2. The molecule has 6 heteroatoms. The van der Waals surface area contributed by atoms with Gasteiger partial charge in [-0.1, -0.05) is 12.1 Å². The maximum absolute atomic E-state index is 11.4. The van der Waals surface area contributed by atoms with Crippen LogP contribution in [0.4, 0.5) is 0 Å². The van der Waals surface area contributed by atoms with Crippen LogP contribution in [-0.4, -0.2) is 49.7 Å². The Balaban J connectivity index is 2.05. The second kappa shape index (κ2) is 6.49. The molecule has 1 aromatic carbocycles. The number of amides is 1. The monoisotopic (exact) mass is 278 g/mol. The molecule has 0 aliphatic carbocycles. The average Bonchev–Trinajstić information content (AvgIpc) is 2.47. The Morgan fingerprint density at radius 2 is 2.10 bits per heavy atom. The molecule has 0 radical (unpaired) electrons. The molecule has 0 spiro atoms. The van der Waals surface area contributed by atoms with Gasteiger partial charge in [-0.25, -0.2) is 4.79 Å². The number of primary amides is 1. The second-order valence-corrected chi connectivity index (χ2v) is 4.65. The third kappa shape index (κ3) is 3.34. The first-order valence-electron chi connectivity index (χ1n) is 6.40. The van der Waals surface area contributed by atoms with Crippen molar-refractivity contribution < 1.29 is 19.1 Å². The fraction of sp³-hybridized carbons (Fsp3) is 0.429. The number of esters is 1. The molecule has 108 valence electrons. The number of rotatable bonds is 4. The zero-order valence-corrected chi connectivity index (χ0v) is 11.4. The Bertz CT molecular complexity index is 486. The summed E-state index contributed by atoms with van der Waals surface area (Å²) < 4.78 is 9.92. The topological polar surface area (TPSA) is 81.9 Å². The van der Waals surface area contributed by atoms with Crippen LogP contribution in [0.25, 0.3) is 0 Å². The lowest BCUT2D eigenvalue weighted by Crippen LogP contribution is -2.51. The van der Waals surface area contributed by atoms with E-state index < -0.39 is 6.04 Å². The van der Waals surface area contributed by atoms with Gasteiger partial charge in [-0.2, -0.15) is 0 Å². The van der Waals surface area contributed by atoms with Gasteiger partial charge in [0.15, 0.2) is 0 Å². The van der Waals surface area contributed by atoms with Crippen molar-refractivity contribution in [2.75, 3.05) is 26.9 Å². The van der Waals surface area contributed by atoms with Gasteiger partial charge in [-0.3, -0.25) is 9.69 Å². The zero-order chi connectivity index (χ0) is 14.5. The van der Waals surface area contributed by atoms with Gasteiger partial charge in [0, 0.05) is 13.1 Å². The van der Waals surface area contributed by atoms with Crippen molar-refractivity contribution >= 4 is 11.9 Å². The van der Waals surface area contributed by atoms with Crippen LogP contribution in [0.2, 0.25) is 0 Å². The molecule has 20 heavy (non-hydrogen) atoms. The Morgan fingerprint density at radius 1 is 1.40 bits per heavy atom. The van der Waals surface area contributed by atoms with Crippen molar-refractivity contribution in [3.05, 3.63) is 35.4 Å². The van der Waals surface area contributed by atoms with Crippen molar-refractivity contribution in [1.29, 1.82) is 0 Å². The number of nitrogens with zero attached hydrogens (tertiary/aromatic N) is 1. The molecule has 1 aliphatic rings. The Labute approximate surface area is 117 Å². The average molecular weight is 278 g/mol. The zero-order valence-electron chi connectivity index (χ0n) is 11.4. The standard InChI is InChI=1S/C14H18N2O4/c1-19-14(18)11-4-2-10(3-5-11)8-16-6-7-20-9-12(16)13(15)17/h2-5,12H,6-9H2,1H3,(H2,15,17). The normalized spacial score (nSPS) is 19.6. The summed E-state index contributed by atoms with van der Waals surface area (Å²) in [5.74, 6) is -0.742. The van der Waals surface area contributed by atoms with Crippen LogP contribution in [-0.2, 0) is 20.8 Å². The van der Waals surface area contributed by atoms with E-state index in [2.05, 4.69) is 4.74 Å². The van der Waals surface area contributed by atoms with Gasteiger partial charge in [0.2, 0.25) is 5.91 Å². The van der Waals surface area contributed by atoms with E-state index in [-0.39, 0.29) is 11.9 Å². The molecule has 0 bridgehead atoms. The summed E-state index contributed by atoms with van der Waals surface area (Å²) in [5.41, 5.74) is 6.88. The van der Waals surface area contributed by atoms with E-state index in [1.165, 1.54) is 7.11 Å². The molecule has 1 aromatic rings. The quantitative estimate of drug-likeness (QED) is 0.793. The Morgan fingerprint density at radius 3 is 2.70 bits per heavy atom. The van der Waals surface area contributed by atoms with Gasteiger partial charge in [0.05, 0.1) is 25.9 Å². The van der Waals surface area contributed by atoms with Gasteiger partial charge >= 0.3 is 5.97 Å². The molecule has 6 nitrogen and oxygen atoms in total. The number of hydrogen-bond donors (Lipinski definition) is 1. The molecule has 1 fully saturated rings. The van der Waals surface area contributed by atoms with E-state index in [0.29, 0.717) is 31.9 Å². The number of carbonyl (C=O) groups excluding carboxylic acids is 2. The minimum Gasteiger partial charge on any atom is -0.465 e. The van der Waals surface area contributed by atoms with E-state index >= 15 is 0 Å². The molecule has 1 amide bonds. The van der Waals surface area contributed by atoms with Crippen molar-refractivity contribution in [2.24, 2.45) is 5.73 Å². The predicted octanol–water partition coefficient (Wildman–Crippen LogP) is 0.159. The minimum absolute atomic E-state index is 0.329. The molecular weight excluding hydrogens is 260 g/mol. The molecule has 1 saturated heterocycles. The van der Waals surface area contributed by atoms with E-state index in [1.807, 2.05) is 17.0 Å². The Hall–Kier alpha value is -1.92. The SMILES string of the molecule is COC(=O)c1ccc(CN2CCOCC2C(N)=O)cc1. The molecule has 1 heterocycles. The van der Waals surface area contributed by atoms with Gasteiger partial charge < -0.3 is 15.2 Å². The van der Waals surface area contributed by atoms with E-state index in [0.717, 1.165) is 5.56 Å². The van der Waals surface area contributed by atoms with Crippen LogP contribution in [0.5, 0.6) is 0 Å². The first kappa shape index (κ1) is 14.5. The number of morpholine rings is 1. The smallest absolute Gasteiger partial charge is 0.337 e. The van der Waals surface area contributed by atoms with Gasteiger partial charge in [0.1, 0.15) is 6.04 Å². The van der Waals surface area contributed by atoms with E-state index in [9.17, 15) is 9.59 Å². The van der Waals surface area contributed by atoms with E-state index in [1.54, 1.807) is 12.1 Å². The summed E-state index contributed by atoms with van der Waals surface area (Å²) in [7, 11) is 1.35.